The highest BCUT2D eigenvalue weighted by Crippen LogP contribution is 2.21. The van der Waals surface area contributed by atoms with Gasteiger partial charge in [-0.1, -0.05) is 12.1 Å². The maximum atomic E-state index is 5.52. The first-order chi connectivity index (χ1) is 9.31. The molecule has 0 amide bonds. The fourth-order valence-electron chi connectivity index (χ4n) is 2.72. The minimum absolute atomic E-state index is 0.431. The van der Waals surface area contributed by atoms with Gasteiger partial charge in [0.2, 0.25) is 0 Å². The lowest BCUT2D eigenvalue weighted by Gasteiger charge is -2.29. The van der Waals surface area contributed by atoms with Gasteiger partial charge < -0.3 is 14.8 Å². The molecule has 1 fully saturated rings. The van der Waals surface area contributed by atoms with Crippen LogP contribution in [0, 0.1) is 0 Å². The number of benzene rings is 1. The third kappa shape index (κ3) is 4.51. The van der Waals surface area contributed by atoms with Crippen LogP contribution in [0.25, 0.3) is 0 Å². The summed E-state index contributed by atoms with van der Waals surface area (Å²) >= 11 is 0. The van der Waals surface area contributed by atoms with Crippen LogP contribution in [-0.2, 0) is 11.3 Å². The molecule has 0 heterocycles. The van der Waals surface area contributed by atoms with Gasteiger partial charge >= 0.3 is 0 Å². The summed E-state index contributed by atoms with van der Waals surface area (Å²) < 4.78 is 11.0. The van der Waals surface area contributed by atoms with E-state index in [0.29, 0.717) is 12.1 Å². The summed E-state index contributed by atoms with van der Waals surface area (Å²) in [6.45, 7) is 3.63. The van der Waals surface area contributed by atoms with Crippen LogP contribution in [-0.4, -0.2) is 25.9 Å². The Hall–Kier alpha value is -1.06. The van der Waals surface area contributed by atoms with Gasteiger partial charge in [-0.2, -0.15) is 0 Å². The first-order valence-electron chi connectivity index (χ1n) is 7.29. The lowest BCUT2D eigenvalue weighted by molar-refractivity contribution is 0.0586. The Morgan fingerprint density at radius 2 is 2.21 bits per heavy atom. The molecule has 1 saturated carbocycles. The van der Waals surface area contributed by atoms with Crippen LogP contribution in [0.3, 0.4) is 0 Å². The lowest BCUT2D eigenvalue weighted by atomic mass is 9.92. The zero-order valence-corrected chi connectivity index (χ0v) is 12.0. The highest BCUT2D eigenvalue weighted by atomic mass is 16.5. The summed E-state index contributed by atoms with van der Waals surface area (Å²) in [4.78, 5) is 0. The van der Waals surface area contributed by atoms with Crippen LogP contribution in [0.2, 0.25) is 0 Å². The van der Waals surface area contributed by atoms with Crippen molar-refractivity contribution in [2.45, 2.75) is 51.3 Å². The first kappa shape index (κ1) is 14.4. The second-order valence-corrected chi connectivity index (χ2v) is 5.18. The van der Waals surface area contributed by atoms with Gasteiger partial charge in [0.25, 0.3) is 0 Å². The lowest BCUT2D eigenvalue weighted by Crippen LogP contribution is -2.36. The number of hydrogen-bond acceptors (Lipinski definition) is 3. The molecule has 106 valence electrons. The topological polar surface area (TPSA) is 30.5 Å². The third-order valence-electron chi connectivity index (χ3n) is 3.76. The summed E-state index contributed by atoms with van der Waals surface area (Å²) in [7, 11) is 1.82. The third-order valence-corrected chi connectivity index (χ3v) is 3.76. The van der Waals surface area contributed by atoms with Crippen molar-refractivity contribution < 1.29 is 9.47 Å². The molecule has 0 bridgehead atoms. The summed E-state index contributed by atoms with van der Waals surface area (Å²) in [5, 5.41) is 3.64. The predicted octanol–water partition coefficient (Wildman–Crippen LogP) is 3.13. The summed E-state index contributed by atoms with van der Waals surface area (Å²) in [6.07, 6.45) is 5.28. The van der Waals surface area contributed by atoms with Crippen LogP contribution in [0.4, 0.5) is 0 Å². The fourth-order valence-corrected chi connectivity index (χ4v) is 2.72. The SMILES string of the molecule is CCOc1cccc(CNC2CCCC(OC)C2)c1. The van der Waals surface area contributed by atoms with Gasteiger partial charge in [0.15, 0.2) is 0 Å². The van der Waals surface area contributed by atoms with E-state index in [1.165, 1.54) is 24.8 Å². The van der Waals surface area contributed by atoms with Gasteiger partial charge in [0.05, 0.1) is 12.7 Å². The number of hydrogen-bond donors (Lipinski definition) is 1. The van der Waals surface area contributed by atoms with Crippen molar-refractivity contribution in [1.82, 2.24) is 5.32 Å². The molecule has 2 unspecified atom stereocenters. The monoisotopic (exact) mass is 263 g/mol. The van der Waals surface area contributed by atoms with Gasteiger partial charge in [0.1, 0.15) is 5.75 Å². The number of ether oxygens (including phenoxy) is 2. The summed E-state index contributed by atoms with van der Waals surface area (Å²) in [5.74, 6) is 0.959. The Kier molecular flexibility index (Phi) is 5.67. The highest BCUT2D eigenvalue weighted by molar-refractivity contribution is 5.28. The second kappa shape index (κ2) is 7.51. The molecular formula is C16H25NO2. The molecule has 1 aromatic carbocycles. The molecule has 2 rings (SSSR count). The molecule has 1 aliphatic rings. The van der Waals surface area contributed by atoms with Crippen molar-refractivity contribution in [3.63, 3.8) is 0 Å². The van der Waals surface area contributed by atoms with Crippen LogP contribution in [0.15, 0.2) is 24.3 Å². The van der Waals surface area contributed by atoms with E-state index in [4.69, 9.17) is 9.47 Å². The summed E-state index contributed by atoms with van der Waals surface area (Å²) in [5.41, 5.74) is 1.28. The standard InChI is InChI=1S/C16H25NO2/c1-3-19-16-9-4-6-13(10-16)12-17-14-7-5-8-15(11-14)18-2/h4,6,9-10,14-15,17H,3,5,7-8,11-12H2,1-2H3. The Morgan fingerprint density at radius 1 is 1.32 bits per heavy atom. The minimum Gasteiger partial charge on any atom is -0.494 e. The Labute approximate surface area is 116 Å². The van der Waals surface area contributed by atoms with Gasteiger partial charge in [0, 0.05) is 19.7 Å². The van der Waals surface area contributed by atoms with Crippen LogP contribution in [0.1, 0.15) is 38.2 Å². The predicted molar refractivity (Wildman–Crippen MR) is 77.5 cm³/mol. The molecule has 0 aliphatic heterocycles. The van der Waals surface area contributed by atoms with Crippen molar-refractivity contribution in [2.24, 2.45) is 0 Å². The minimum atomic E-state index is 0.431. The molecule has 19 heavy (non-hydrogen) atoms. The van der Waals surface area contributed by atoms with E-state index >= 15 is 0 Å². The molecule has 0 radical (unpaired) electrons. The zero-order valence-electron chi connectivity index (χ0n) is 12.0. The van der Waals surface area contributed by atoms with Crippen LogP contribution in [0.5, 0.6) is 5.75 Å². The first-order valence-corrected chi connectivity index (χ1v) is 7.29. The number of nitrogens with one attached hydrogen (secondary N) is 1. The van der Waals surface area contributed by atoms with E-state index in [1.54, 1.807) is 0 Å². The molecule has 0 saturated heterocycles. The Bertz CT molecular complexity index is 381. The molecular weight excluding hydrogens is 238 g/mol. The molecule has 2 atom stereocenters. The second-order valence-electron chi connectivity index (χ2n) is 5.18. The van der Waals surface area contributed by atoms with E-state index in [2.05, 4.69) is 23.5 Å². The van der Waals surface area contributed by atoms with E-state index < -0.39 is 0 Å². The number of rotatable bonds is 6. The van der Waals surface area contributed by atoms with E-state index in [-0.39, 0.29) is 0 Å². The molecule has 3 nitrogen and oxygen atoms in total. The van der Waals surface area contributed by atoms with Crippen LogP contribution < -0.4 is 10.1 Å². The molecule has 1 N–H and O–H groups in total. The van der Waals surface area contributed by atoms with Crippen molar-refractivity contribution in [2.75, 3.05) is 13.7 Å². The van der Waals surface area contributed by atoms with E-state index in [9.17, 15) is 0 Å². The molecule has 1 aromatic rings. The Balaban J connectivity index is 1.82. The van der Waals surface area contributed by atoms with Gasteiger partial charge in [-0.3, -0.25) is 0 Å². The summed E-state index contributed by atoms with van der Waals surface area (Å²) in [6, 6.07) is 8.91. The molecule has 0 spiro atoms. The quantitative estimate of drug-likeness (QED) is 0.855. The zero-order chi connectivity index (χ0) is 13.5. The molecule has 3 heteroatoms. The average Bonchev–Trinajstić information content (AvgIpc) is 2.46. The van der Waals surface area contributed by atoms with Crippen molar-refractivity contribution in [3.05, 3.63) is 29.8 Å². The Morgan fingerprint density at radius 3 is 3.00 bits per heavy atom. The van der Waals surface area contributed by atoms with Crippen molar-refractivity contribution >= 4 is 0 Å². The van der Waals surface area contributed by atoms with Gasteiger partial charge in [-0.15, -0.1) is 0 Å². The molecule has 1 aliphatic carbocycles. The maximum absolute atomic E-state index is 5.52. The number of methoxy groups -OCH3 is 1. The van der Waals surface area contributed by atoms with E-state index in [1.807, 2.05) is 20.1 Å². The van der Waals surface area contributed by atoms with E-state index in [0.717, 1.165) is 25.3 Å². The van der Waals surface area contributed by atoms with Crippen LogP contribution >= 0.6 is 0 Å². The van der Waals surface area contributed by atoms with Gasteiger partial charge in [-0.05, 0) is 50.3 Å². The average molecular weight is 263 g/mol. The highest BCUT2D eigenvalue weighted by Gasteiger charge is 2.20. The van der Waals surface area contributed by atoms with Crippen molar-refractivity contribution in [1.29, 1.82) is 0 Å². The smallest absolute Gasteiger partial charge is 0.119 e. The maximum Gasteiger partial charge on any atom is 0.119 e. The fraction of sp³-hybridized carbons (Fsp3) is 0.625. The van der Waals surface area contributed by atoms with Gasteiger partial charge in [-0.25, -0.2) is 0 Å². The van der Waals surface area contributed by atoms with Crippen molar-refractivity contribution in [3.8, 4) is 5.75 Å². The normalized spacial score (nSPS) is 23.3. The largest absolute Gasteiger partial charge is 0.494 e. The molecule has 0 aromatic heterocycles.